The number of nitrogens with zero attached hydrogens (tertiary/aromatic N) is 4. The lowest BCUT2D eigenvalue weighted by Crippen LogP contribution is -2.23. The molecule has 2 aromatic heterocycles. The minimum Gasteiger partial charge on any atom is -0.383 e. The maximum absolute atomic E-state index is 5.22. The van der Waals surface area contributed by atoms with Crippen LogP contribution in [0.5, 0.6) is 0 Å². The number of nitrogens with one attached hydrogen (secondary N) is 2. The largest absolute Gasteiger partial charge is 0.383 e. The number of rotatable bonds is 7. The van der Waals surface area contributed by atoms with Gasteiger partial charge in [-0.3, -0.25) is 5.10 Å². The zero-order valence-corrected chi connectivity index (χ0v) is 16.8. The minimum absolute atomic E-state index is 0.616. The number of fused-ring (bicyclic) bond motifs is 1. The fraction of sp³-hybridized carbons (Fsp3) is 0.227. The van der Waals surface area contributed by atoms with Crippen molar-refractivity contribution in [2.24, 2.45) is 0 Å². The van der Waals surface area contributed by atoms with Crippen LogP contribution in [0.2, 0.25) is 0 Å². The van der Waals surface area contributed by atoms with Gasteiger partial charge in [-0.05, 0) is 17.7 Å². The van der Waals surface area contributed by atoms with Crippen molar-refractivity contribution in [3.05, 3.63) is 60.3 Å². The Hall–Kier alpha value is -3.45. The molecule has 0 amide bonds. The molecule has 2 aromatic carbocycles. The SMILES string of the molecule is COCCN(C)c1cc(Nc2cc(C)[nH]n2)nc(-c2cccc3ccccc23)n1. The van der Waals surface area contributed by atoms with Gasteiger partial charge in [0.05, 0.1) is 6.61 Å². The van der Waals surface area contributed by atoms with E-state index in [1.54, 1.807) is 7.11 Å². The highest BCUT2D eigenvalue weighted by Gasteiger charge is 2.13. The van der Waals surface area contributed by atoms with Crippen LogP contribution in [-0.2, 0) is 4.74 Å². The second-order valence-electron chi connectivity index (χ2n) is 6.94. The first-order valence-corrected chi connectivity index (χ1v) is 9.50. The molecule has 0 saturated heterocycles. The topological polar surface area (TPSA) is 79.0 Å². The van der Waals surface area contributed by atoms with Gasteiger partial charge in [0, 0.05) is 44.1 Å². The summed E-state index contributed by atoms with van der Waals surface area (Å²) >= 11 is 0. The molecule has 7 nitrogen and oxygen atoms in total. The summed E-state index contributed by atoms with van der Waals surface area (Å²) < 4.78 is 5.22. The molecule has 0 saturated carbocycles. The van der Waals surface area contributed by atoms with Crippen molar-refractivity contribution in [2.45, 2.75) is 6.92 Å². The summed E-state index contributed by atoms with van der Waals surface area (Å²) in [6.07, 6.45) is 0. The lowest BCUT2D eigenvalue weighted by Gasteiger charge is -2.19. The van der Waals surface area contributed by atoms with Crippen LogP contribution < -0.4 is 10.2 Å². The third-order valence-electron chi connectivity index (χ3n) is 4.73. The van der Waals surface area contributed by atoms with E-state index in [1.807, 2.05) is 44.3 Å². The summed E-state index contributed by atoms with van der Waals surface area (Å²) in [6.45, 7) is 3.30. The van der Waals surface area contributed by atoms with Gasteiger partial charge in [-0.2, -0.15) is 5.10 Å². The van der Waals surface area contributed by atoms with Gasteiger partial charge in [0.25, 0.3) is 0 Å². The Balaban J connectivity index is 1.80. The molecule has 0 aliphatic carbocycles. The van der Waals surface area contributed by atoms with Crippen LogP contribution in [0.15, 0.2) is 54.6 Å². The van der Waals surface area contributed by atoms with Crippen molar-refractivity contribution in [2.75, 3.05) is 37.5 Å². The molecule has 2 heterocycles. The molecule has 7 heteroatoms. The summed E-state index contributed by atoms with van der Waals surface area (Å²) in [4.78, 5) is 11.7. The molecule has 0 atom stereocenters. The average Bonchev–Trinajstić information content (AvgIpc) is 3.15. The molecule has 29 heavy (non-hydrogen) atoms. The highest BCUT2D eigenvalue weighted by molar-refractivity contribution is 5.95. The van der Waals surface area contributed by atoms with Gasteiger partial charge in [-0.15, -0.1) is 0 Å². The standard InChI is InChI=1S/C22H24N6O/c1-15-13-20(27-26-15)23-19-14-21(28(2)11-12-29-3)25-22(24-19)18-10-6-8-16-7-4-5-9-17(16)18/h4-10,13-14H,11-12H2,1-3H3,(H2,23,24,25,26,27). The van der Waals surface area contributed by atoms with E-state index in [1.165, 1.54) is 0 Å². The number of aromatic amines is 1. The second kappa shape index (κ2) is 8.28. The van der Waals surface area contributed by atoms with Crippen LogP contribution in [0.25, 0.3) is 22.2 Å². The van der Waals surface area contributed by atoms with Crippen molar-refractivity contribution in [1.29, 1.82) is 0 Å². The molecule has 0 radical (unpaired) electrons. The van der Waals surface area contributed by atoms with Crippen LogP contribution in [0.3, 0.4) is 0 Å². The molecule has 4 aromatic rings. The quantitative estimate of drug-likeness (QED) is 0.495. The number of hydrogen-bond acceptors (Lipinski definition) is 6. The van der Waals surface area contributed by atoms with E-state index < -0.39 is 0 Å². The summed E-state index contributed by atoms with van der Waals surface area (Å²) in [5, 5.41) is 12.8. The molecule has 0 unspecified atom stereocenters. The smallest absolute Gasteiger partial charge is 0.164 e. The number of benzene rings is 2. The number of hydrogen-bond donors (Lipinski definition) is 2. The highest BCUT2D eigenvalue weighted by atomic mass is 16.5. The number of aryl methyl sites for hydroxylation is 1. The first-order chi connectivity index (χ1) is 14.1. The molecular formula is C22H24N6O. The first kappa shape index (κ1) is 18.9. The van der Waals surface area contributed by atoms with Gasteiger partial charge >= 0.3 is 0 Å². The molecular weight excluding hydrogens is 364 g/mol. The third-order valence-corrected chi connectivity index (χ3v) is 4.73. The molecule has 0 spiro atoms. The van der Waals surface area contributed by atoms with Gasteiger partial charge < -0.3 is 15.0 Å². The Morgan fingerprint density at radius 2 is 1.86 bits per heavy atom. The third kappa shape index (κ3) is 4.20. The van der Waals surface area contributed by atoms with Gasteiger partial charge in [0.1, 0.15) is 11.6 Å². The van der Waals surface area contributed by atoms with Crippen LogP contribution in [0.4, 0.5) is 17.5 Å². The van der Waals surface area contributed by atoms with Gasteiger partial charge in [-0.1, -0.05) is 42.5 Å². The lowest BCUT2D eigenvalue weighted by molar-refractivity contribution is 0.206. The predicted molar refractivity (Wildman–Crippen MR) is 117 cm³/mol. The molecule has 4 rings (SSSR count). The Morgan fingerprint density at radius 3 is 2.66 bits per heavy atom. The fourth-order valence-corrected chi connectivity index (χ4v) is 3.19. The van der Waals surface area contributed by atoms with Gasteiger partial charge in [0.2, 0.25) is 0 Å². The van der Waals surface area contributed by atoms with Crippen LogP contribution in [0.1, 0.15) is 5.69 Å². The average molecular weight is 388 g/mol. The second-order valence-corrected chi connectivity index (χ2v) is 6.94. The lowest BCUT2D eigenvalue weighted by atomic mass is 10.0. The molecule has 148 valence electrons. The number of likely N-dealkylation sites (N-methyl/N-ethyl adjacent to an activating group) is 1. The van der Waals surface area contributed by atoms with Crippen molar-refractivity contribution in [3.8, 4) is 11.4 Å². The molecule has 0 aliphatic heterocycles. The molecule has 2 N–H and O–H groups in total. The van der Waals surface area contributed by atoms with E-state index in [2.05, 4.69) is 44.7 Å². The zero-order valence-electron chi connectivity index (χ0n) is 16.8. The molecule has 0 aliphatic rings. The van der Waals surface area contributed by atoms with Gasteiger partial charge in [-0.25, -0.2) is 9.97 Å². The maximum Gasteiger partial charge on any atom is 0.164 e. The van der Waals surface area contributed by atoms with E-state index >= 15 is 0 Å². The van der Waals surface area contributed by atoms with E-state index in [-0.39, 0.29) is 0 Å². The van der Waals surface area contributed by atoms with Crippen LogP contribution >= 0.6 is 0 Å². The van der Waals surface area contributed by atoms with Crippen molar-refractivity contribution in [3.63, 3.8) is 0 Å². The van der Waals surface area contributed by atoms with E-state index in [0.29, 0.717) is 18.2 Å². The number of methoxy groups -OCH3 is 1. The Kier molecular flexibility index (Phi) is 5.39. The van der Waals surface area contributed by atoms with Gasteiger partial charge in [0.15, 0.2) is 11.6 Å². The summed E-state index contributed by atoms with van der Waals surface area (Å²) in [5.74, 6) is 2.89. The van der Waals surface area contributed by atoms with E-state index in [0.717, 1.165) is 40.2 Å². The number of H-pyrrole nitrogens is 1. The zero-order chi connectivity index (χ0) is 20.2. The summed E-state index contributed by atoms with van der Waals surface area (Å²) in [6, 6.07) is 18.3. The Morgan fingerprint density at radius 1 is 1.03 bits per heavy atom. The van der Waals surface area contributed by atoms with E-state index in [4.69, 9.17) is 14.7 Å². The Labute approximate surface area is 169 Å². The monoisotopic (exact) mass is 388 g/mol. The molecule has 0 bridgehead atoms. The minimum atomic E-state index is 0.616. The fourth-order valence-electron chi connectivity index (χ4n) is 3.19. The van der Waals surface area contributed by atoms with Crippen LogP contribution in [-0.4, -0.2) is 47.5 Å². The van der Waals surface area contributed by atoms with Crippen molar-refractivity contribution >= 4 is 28.2 Å². The summed E-state index contributed by atoms with van der Waals surface area (Å²) in [7, 11) is 3.69. The normalized spacial score (nSPS) is 11.0. The van der Waals surface area contributed by atoms with Crippen molar-refractivity contribution in [1.82, 2.24) is 20.2 Å². The van der Waals surface area contributed by atoms with E-state index in [9.17, 15) is 0 Å². The highest BCUT2D eigenvalue weighted by Crippen LogP contribution is 2.29. The number of ether oxygens (including phenoxy) is 1. The number of anilines is 3. The predicted octanol–water partition coefficient (Wildman–Crippen LogP) is 4.15. The first-order valence-electron chi connectivity index (χ1n) is 9.50. The Bertz CT molecular complexity index is 1120. The van der Waals surface area contributed by atoms with Crippen molar-refractivity contribution < 1.29 is 4.74 Å². The summed E-state index contributed by atoms with van der Waals surface area (Å²) in [5.41, 5.74) is 1.97. The molecule has 0 fully saturated rings. The van der Waals surface area contributed by atoms with Crippen LogP contribution in [0, 0.1) is 6.92 Å². The maximum atomic E-state index is 5.22. The number of aromatic nitrogens is 4.